The first-order chi connectivity index (χ1) is 15.0. The van der Waals surface area contributed by atoms with Crippen LogP contribution in [0, 0.1) is 0 Å². The van der Waals surface area contributed by atoms with Crippen LogP contribution in [0.25, 0.3) is 5.57 Å². The molecule has 4 rings (SSSR count). The molecule has 2 aromatic carbocycles. The van der Waals surface area contributed by atoms with Gasteiger partial charge in [-0.15, -0.1) is 0 Å². The summed E-state index contributed by atoms with van der Waals surface area (Å²) < 4.78 is 16.5. The van der Waals surface area contributed by atoms with E-state index in [1.54, 1.807) is 25.4 Å². The average Bonchev–Trinajstić information content (AvgIpc) is 3.21. The monoisotopic (exact) mass is 486 g/mol. The molecular formula is C23H23BrN2O5. The van der Waals surface area contributed by atoms with Crippen molar-refractivity contribution < 1.29 is 23.8 Å². The lowest BCUT2D eigenvalue weighted by Gasteiger charge is -2.18. The van der Waals surface area contributed by atoms with Crippen LogP contribution in [0.1, 0.15) is 28.8 Å². The maximum Gasteiger partial charge on any atom is 0.260 e. The standard InChI is InChI=1S/C23H23BrN2O5/c1-29-16-6-3-5-14(9-16)15-10-19-22(27)25-18-12-21(31-8-4-7-24)20(30-2)11-17(18)23(28)26(19)13-15/h3,5-6,9,11-13,19H,4,7-8,10H2,1-2H3,(H,25,27). The first-order valence-electron chi connectivity index (χ1n) is 9.95. The van der Waals surface area contributed by atoms with Crippen molar-refractivity contribution in [3.05, 3.63) is 53.7 Å². The van der Waals surface area contributed by atoms with Gasteiger partial charge in [0.2, 0.25) is 5.91 Å². The summed E-state index contributed by atoms with van der Waals surface area (Å²) in [6.45, 7) is 0.490. The number of fused-ring (bicyclic) bond motifs is 2. The second-order valence-corrected chi connectivity index (χ2v) is 8.04. The molecule has 31 heavy (non-hydrogen) atoms. The molecule has 2 aromatic rings. The lowest BCUT2D eigenvalue weighted by molar-refractivity contribution is -0.119. The molecule has 8 heteroatoms. The van der Waals surface area contributed by atoms with E-state index in [1.807, 2.05) is 24.3 Å². The molecule has 2 amide bonds. The van der Waals surface area contributed by atoms with E-state index in [9.17, 15) is 9.59 Å². The van der Waals surface area contributed by atoms with Gasteiger partial charge in [-0.3, -0.25) is 9.59 Å². The number of methoxy groups -OCH3 is 2. The van der Waals surface area contributed by atoms with Crippen molar-refractivity contribution in [3.8, 4) is 17.2 Å². The Kier molecular flexibility index (Phi) is 6.18. The maximum atomic E-state index is 13.4. The second kappa shape index (κ2) is 9.01. The summed E-state index contributed by atoms with van der Waals surface area (Å²) in [5.74, 6) is 1.16. The van der Waals surface area contributed by atoms with Gasteiger partial charge in [0.1, 0.15) is 11.8 Å². The first kappa shape index (κ1) is 21.2. The number of carbonyl (C=O) groups excluding carboxylic acids is 2. The highest BCUT2D eigenvalue weighted by molar-refractivity contribution is 9.09. The van der Waals surface area contributed by atoms with Crippen LogP contribution in [0.4, 0.5) is 5.69 Å². The number of benzene rings is 2. The highest BCUT2D eigenvalue weighted by atomic mass is 79.9. The van der Waals surface area contributed by atoms with Crippen molar-refractivity contribution >= 4 is 39.0 Å². The van der Waals surface area contributed by atoms with Gasteiger partial charge in [0.15, 0.2) is 11.5 Å². The van der Waals surface area contributed by atoms with Crippen molar-refractivity contribution in [2.24, 2.45) is 0 Å². The average molecular weight is 487 g/mol. The number of alkyl halides is 1. The fourth-order valence-corrected chi connectivity index (χ4v) is 3.98. The number of halogens is 1. The summed E-state index contributed by atoms with van der Waals surface area (Å²) in [6, 6.07) is 10.2. The van der Waals surface area contributed by atoms with Crippen LogP contribution in [0.15, 0.2) is 42.6 Å². The Morgan fingerprint density at radius 3 is 2.71 bits per heavy atom. The normalized spacial score (nSPS) is 17.3. The third-order valence-corrected chi connectivity index (χ3v) is 5.91. The van der Waals surface area contributed by atoms with Crippen LogP contribution >= 0.6 is 15.9 Å². The van der Waals surface area contributed by atoms with Crippen molar-refractivity contribution in [2.45, 2.75) is 18.9 Å². The van der Waals surface area contributed by atoms with Gasteiger partial charge in [0.05, 0.1) is 32.1 Å². The molecule has 1 unspecified atom stereocenters. The largest absolute Gasteiger partial charge is 0.497 e. The minimum atomic E-state index is -0.620. The van der Waals surface area contributed by atoms with E-state index >= 15 is 0 Å². The lowest BCUT2D eigenvalue weighted by atomic mass is 10.0. The number of anilines is 1. The van der Waals surface area contributed by atoms with Gasteiger partial charge in [-0.25, -0.2) is 0 Å². The number of nitrogens with one attached hydrogen (secondary N) is 1. The van der Waals surface area contributed by atoms with Crippen LogP contribution in [0.2, 0.25) is 0 Å². The molecule has 0 radical (unpaired) electrons. The lowest BCUT2D eigenvalue weighted by Crippen LogP contribution is -2.38. The molecule has 0 fully saturated rings. The third-order valence-electron chi connectivity index (χ3n) is 5.35. The summed E-state index contributed by atoms with van der Waals surface area (Å²) in [6.07, 6.45) is 2.99. The van der Waals surface area contributed by atoms with Crippen molar-refractivity contribution in [2.75, 3.05) is 31.5 Å². The summed E-state index contributed by atoms with van der Waals surface area (Å²) in [5.41, 5.74) is 2.61. The summed E-state index contributed by atoms with van der Waals surface area (Å²) in [7, 11) is 3.13. The zero-order chi connectivity index (χ0) is 22.0. The van der Waals surface area contributed by atoms with Gasteiger partial charge in [0, 0.05) is 24.0 Å². The first-order valence-corrected chi connectivity index (χ1v) is 11.1. The number of nitrogens with zero attached hydrogens (tertiary/aromatic N) is 1. The van der Waals surface area contributed by atoms with Gasteiger partial charge in [-0.1, -0.05) is 28.1 Å². The highest BCUT2D eigenvalue weighted by Crippen LogP contribution is 2.39. The van der Waals surface area contributed by atoms with E-state index in [4.69, 9.17) is 14.2 Å². The Morgan fingerprint density at radius 1 is 1.13 bits per heavy atom. The number of amides is 2. The Balaban J connectivity index is 1.69. The predicted molar refractivity (Wildman–Crippen MR) is 121 cm³/mol. The van der Waals surface area contributed by atoms with Crippen LogP contribution in [-0.2, 0) is 4.79 Å². The number of hydrogen-bond donors (Lipinski definition) is 1. The van der Waals surface area contributed by atoms with E-state index < -0.39 is 6.04 Å². The topological polar surface area (TPSA) is 77.1 Å². The SMILES string of the molecule is COc1cccc(C2=CN3C(=O)c4cc(OC)c(OCCCBr)cc4NC(=O)C3C2)c1. The molecule has 7 nitrogen and oxygen atoms in total. The van der Waals surface area contributed by atoms with Gasteiger partial charge in [-0.2, -0.15) is 0 Å². The molecule has 0 saturated heterocycles. The molecule has 0 aromatic heterocycles. The van der Waals surface area contributed by atoms with Gasteiger partial charge >= 0.3 is 0 Å². The molecular weight excluding hydrogens is 464 g/mol. The van der Waals surface area contributed by atoms with E-state index in [0.29, 0.717) is 35.8 Å². The van der Waals surface area contributed by atoms with Crippen molar-refractivity contribution in [1.29, 1.82) is 0 Å². The van der Waals surface area contributed by atoms with E-state index in [2.05, 4.69) is 21.2 Å². The highest BCUT2D eigenvalue weighted by Gasteiger charge is 2.39. The number of hydrogen-bond acceptors (Lipinski definition) is 5. The molecule has 0 saturated carbocycles. The van der Waals surface area contributed by atoms with Crippen LogP contribution in [0.3, 0.4) is 0 Å². The van der Waals surface area contributed by atoms with Crippen molar-refractivity contribution in [3.63, 3.8) is 0 Å². The van der Waals surface area contributed by atoms with Gasteiger partial charge in [0.25, 0.3) is 5.91 Å². The summed E-state index contributed by atoms with van der Waals surface area (Å²) >= 11 is 3.37. The fraction of sp³-hybridized carbons (Fsp3) is 0.304. The molecule has 1 atom stereocenters. The van der Waals surface area contributed by atoms with Gasteiger partial charge < -0.3 is 24.4 Å². The number of carbonyl (C=O) groups is 2. The Labute approximate surface area is 189 Å². The molecule has 2 aliphatic heterocycles. The molecule has 162 valence electrons. The minimum absolute atomic E-state index is 0.238. The summed E-state index contributed by atoms with van der Waals surface area (Å²) in [5, 5.41) is 3.71. The smallest absolute Gasteiger partial charge is 0.260 e. The van der Waals surface area contributed by atoms with E-state index in [1.165, 1.54) is 12.0 Å². The second-order valence-electron chi connectivity index (χ2n) is 7.25. The van der Waals surface area contributed by atoms with Gasteiger partial charge in [-0.05, 0) is 35.8 Å². The van der Waals surface area contributed by atoms with Crippen LogP contribution in [0.5, 0.6) is 17.2 Å². The Bertz CT molecular complexity index is 1050. The van der Waals surface area contributed by atoms with Crippen LogP contribution < -0.4 is 19.5 Å². The molecule has 0 bridgehead atoms. The zero-order valence-corrected chi connectivity index (χ0v) is 18.9. The van der Waals surface area contributed by atoms with E-state index in [0.717, 1.165) is 28.6 Å². The van der Waals surface area contributed by atoms with E-state index in [-0.39, 0.29) is 11.8 Å². The molecule has 0 spiro atoms. The minimum Gasteiger partial charge on any atom is -0.497 e. The number of ether oxygens (including phenoxy) is 3. The predicted octanol–water partition coefficient (Wildman–Crippen LogP) is 4.08. The Morgan fingerprint density at radius 2 is 1.97 bits per heavy atom. The maximum absolute atomic E-state index is 13.4. The Hall–Kier alpha value is -3.00. The fourth-order valence-electron chi connectivity index (χ4n) is 3.76. The molecule has 2 aliphatic rings. The number of rotatable bonds is 7. The quantitative estimate of drug-likeness (QED) is 0.471. The third kappa shape index (κ3) is 4.12. The molecule has 1 N–H and O–H groups in total. The summed E-state index contributed by atoms with van der Waals surface area (Å²) in [4.78, 5) is 27.9. The van der Waals surface area contributed by atoms with Crippen molar-refractivity contribution in [1.82, 2.24) is 4.90 Å². The zero-order valence-electron chi connectivity index (χ0n) is 17.3. The molecule has 2 heterocycles. The van der Waals surface area contributed by atoms with Crippen LogP contribution in [-0.4, -0.2) is 48.9 Å². The molecule has 0 aliphatic carbocycles.